The predicted molar refractivity (Wildman–Crippen MR) is 95.5 cm³/mol. The first-order valence-electron chi connectivity index (χ1n) is 9.49. The second-order valence-corrected chi connectivity index (χ2v) is 6.48. The number of benzene rings is 2. The third kappa shape index (κ3) is 2.11. The predicted octanol–water partition coefficient (Wildman–Crippen LogP) is 4.67. The molecule has 0 atom stereocenters. The quantitative estimate of drug-likeness (QED) is 0.450. The fraction of sp³-hybridized carbons (Fsp3) is 0.227. The van der Waals surface area contributed by atoms with Crippen molar-refractivity contribution in [1.29, 1.82) is 0 Å². The molecule has 0 saturated heterocycles. The van der Waals surface area contributed by atoms with Gasteiger partial charge in [-0.1, -0.05) is 36.4 Å². The lowest BCUT2D eigenvalue weighted by Crippen LogP contribution is -2.32. The van der Waals surface area contributed by atoms with Crippen molar-refractivity contribution in [2.75, 3.05) is 0 Å². The summed E-state index contributed by atoms with van der Waals surface area (Å²) < 4.78 is 25.2. The molecule has 0 radical (unpaired) electrons. The topological polar surface area (TPSA) is 3.88 Å². The van der Waals surface area contributed by atoms with E-state index < -0.39 is 6.85 Å². The molecule has 1 nitrogen and oxygen atoms in total. The monoisotopic (exact) mass is 303 g/mol. The molecule has 114 valence electrons. The first-order chi connectivity index (χ1) is 12.3. The molecule has 3 aromatic rings. The van der Waals surface area contributed by atoms with Crippen LogP contribution in [0.2, 0.25) is 0 Å². The molecule has 2 aromatic carbocycles. The number of aromatic nitrogens is 1. The number of fused-ring (bicyclic) bond motifs is 3. The Labute approximate surface area is 142 Å². The molecule has 1 aliphatic carbocycles. The van der Waals surface area contributed by atoms with Gasteiger partial charge in [0.1, 0.15) is 7.05 Å². The fourth-order valence-corrected chi connectivity index (χ4v) is 3.68. The van der Waals surface area contributed by atoms with E-state index in [1.54, 1.807) is 6.20 Å². The van der Waals surface area contributed by atoms with Crippen molar-refractivity contribution < 1.29 is 8.68 Å². The van der Waals surface area contributed by atoms with Crippen LogP contribution in [0.4, 0.5) is 0 Å². The molecule has 1 aromatic heterocycles. The Hall–Kier alpha value is -2.41. The van der Waals surface area contributed by atoms with Gasteiger partial charge in [0.15, 0.2) is 6.20 Å². The highest BCUT2D eigenvalue weighted by Gasteiger charge is 2.26. The van der Waals surface area contributed by atoms with Crippen molar-refractivity contribution in [3.05, 3.63) is 76.5 Å². The van der Waals surface area contributed by atoms with E-state index in [0.717, 1.165) is 17.7 Å². The number of hydrogen-bond acceptors (Lipinski definition) is 0. The Morgan fingerprint density at radius 1 is 0.957 bits per heavy atom. The molecule has 0 saturated carbocycles. The molecule has 0 unspecified atom stereocenters. The molecule has 0 bridgehead atoms. The third-order valence-corrected chi connectivity index (χ3v) is 4.93. The van der Waals surface area contributed by atoms with Gasteiger partial charge in [0.25, 0.3) is 0 Å². The Balaban J connectivity index is 1.95. The molecule has 4 rings (SSSR count). The van der Waals surface area contributed by atoms with Gasteiger partial charge in [-0.2, -0.15) is 0 Å². The van der Waals surface area contributed by atoms with Crippen molar-refractivity contribution in [3.8, 4) is 22.4 Å². The first kappa shape index (κ1) is 11.2. The van der Waals surface area contributed by atoms with Gasteiger partial charge in [0.2, 0.25) is 5.69 Å². The summed E-state index contributed by atoms with van der Waals surface area (Å²) in [7, 11) is 1.94. The van der Waals surface area contributed by atoms with Crippen LogP contribution >= 0.6 is 0 Å². The van der Waals surface area contributed by atoms with Gasteiger partial charge >= 0.3 is 0 Å². The summed E-state index contributed by atoms with van der Waals surface area (Å²) in [6, 6.07) is 15.0. The minimum absolute atomic E-state index is 0.414. The van der Waals surface area contributed by atoms with Gasteiger partial charge in [0, 0.05) is 15.7 Å². The minimum Gasteiger partial charge on any atom is -0.201 e. The maximum absolute atomic E-state index is 7.76. The molecule has 0 fully saturated rings. The smallest absolute Gasteiger partial charge is 0.201 e. The summed E-state index contributed by atoms with van der Waals surface area (Å²) in [5.41, 5.74) is 10.0. The molecule has 0 spiro atoms. The van der Waals surface area contributed by atoms with Crippen molar-refractivity contribution in [1.82, 2.24) is 0 Å². The van der Waals surface area contributed by atoms with Gasteiger partial charge in [0.05, 0.1) is 5.56 Å². The Bertz CT molecular complexity index is 1030. The Morgan fingerprint density at radius 2 is 1.78 bits per heavy atom. The van der Waals surface area contributed by atoms with E-state index in [-0.39, 0.29) is 0 Å². The molecule has 1 heteroatoms. The number of pyridine rings is 1. The summed E-state index contributed by atoms with van der Waals surface area (Å²) in [5, 5.41) is 0. The van der Waals surface area contributed by atoms with Crippen LogP contribution in [0.25, 0.3) is 22.4 Å². The fourth-order valence-electron chi connectivity index (χ4n) is 3.68. The van der Waals surface area contributed by atoms with Gasteiger partial charge in [-0.25, -0.2) is 4.57 Å². The standard InChI is InChI=1S/C22H22N/c1-14-9-10-19-18-8-6-5-7-17(18)12-20(19)22(14)21-11-15(2)16(3)13-23(21)4/h5-11,13H,12H2,1-4H3/q+1/i3D3. The minimum atomic E-state index is -2.09. The summed E-state index contributed by atoms with van der Waals surface area (Å²) in [6.07, 6.45) is 2.68. The van der Waals surface area contributed by atoms with Gasteiger partial charge in [-0.05, 0) is 60.5 Å². The van der Waals surface area contributed by atoms with Gasteiger partial charge in [-0.15, -0.1) is 0 Å². The number of nitrogens with zero attached hydrogens (tertiary/aromatic N) is 1. The zero-order chi connectivity index (χ0) is 18.6. The normalized spacial score (nSPS) is 14.7. The maximum atomic E-state index is 7.76. The van der Waals surface area contributed by atoms with Crippen molar-refractivity contribution >= 4 is 0 Å². The second-order valence-electron chi connectivity index (χ2n) is 6.48. The van der Waals surface area contributed by atoms with E-state index in [1.807, 2.05) is 24.6 Å². The van der Waals surface area contributed by atoms with Crippen LogP contribution in [-0.4, -0.2) is 0 Å². The van der Waals surface area contributed by atoms with Crippen LogP contribution in [-0.2, 0) is 13.5 Å². The number of hydrogen-bond donors (Lipinski definition) is 0. The van der Waals surface area contributed by atoms with Crippen molar-refractivity contribution in [2.24, 2.45) is 7.05 Å². The lowest BCUT2D eigenvalue weighted by molar-refractivity contribution is -0.660. The zero-order valence-electron chi connectivity index (χ0n) is 16.8. The van der Waals surface area contributed by atoms with E-state index in [9.17, 15) is 0 Å². The lowest BCUT2D eigenvalue weighted by Gasteiger charge is -2.12. The zero-order valence-corrected chi connectivity index (χ0v) is 13.8. The third-order valence-electron chi connectivity index (χ3n) is 4.93. The molecule has 0 N–H and O–H groups in total. The highest BCUT2D eigenvalue weighted by Crippen LogP contribution is 2.42. The largest absolute Gasteiger partial charge is 0.213 e. The van der Waals surface area contributed by atoms with Gasteiger partial charge in [-0.3, -0.25) is 0 Å². The van der Waals surface area contributed by atoms with Gasteiger partial charge < -0.3 is 0 Å². The molecule has 23 heavy (non-hydrogen) atoms. The number of rotatable bonds is 1. The highest BCUT2D eigenvalue weighted by molar-refractivity contribution is 5.84. The first-order valence-corrected chi connectivity index (χ1v) is 7.99. The number of aryl methyl sites for hydroxylation is 4. The van der Waals surface area contributed by atoms with E-state index in [4.69, 9.17) is 4.11 Å². The van der Waals surface area contributed by atoms with Crippen LogP contribution in [0, 0.1) is 20.7 Å². The van der Waals surface area contributed by atoms with Crippen LogP contribution in [0.1, 0.15) is 31.9 Å². The summed E-state index contributed by atoms with van der Waals surface area (Å²) in [6.45, 7) is 1.92. The molecule has 1 heterocycles. The average molecular weight is 303 g/mol. The average Bonchev–Trinajstić information content (AvgIpc) is 2.94. The molecule has 1 aliphatic rings. The SMILES string of the molecule is [2H]C([2H])([2H])c1c[n+](C)c(-c2c(C)ccc3c2Cc2ccccc2-3)cc1C. The van der Waals surface area contributed by atoms with Crippen LogP contribution in [0.3, 0.4) is 0 Å². The lowest BCUT2D eigenvalue weighted by atomic mass is 9.93. The summed E-state index contributed by atoms with van der Waals surface area (Å²) in [5.74, 6) is 0. The van der Waals surface area contributed by atoms with Crippen molar-refractivity contribution in [3.63, 3.8) is 0 Å². The van der Waals surface area contributed by atoms with Crippen LogP contribution < -0.4 is 4.57 Å². The Morgan fingerprint density at radius 3 is 2.61 bits per heavy atom. The Kier molecular flexibility index (Phi) is 2.46. The molecule has 0 aliphatic heterocycles. The van der Waals surface area contributed by atoms with Crippen molar-refractivity contribution in [2.45, 2.75) is 27.1 Å². The molecular weight excluding hydrogens is 278 g/mol. The second kappa shape index (κ2) is 5.06. The van der Waals surface area contributed by atoms with E-state index in [0.29, 0.717) is 5.56 Å². The van der Waals surface area contributed by atoms with E-state index in [2.05, 4.69) is 43.3 Å². The molecular formula is C22H22N+. The van der Waals surface area contributed by atoms with E-state index in [1.165, 1.54) is 33.4 Å². The van der Waals surface area contributed by atoms with Crippen LogP contribution in [0.5, 0.6) is 0 Å². The van der Waals surface area contributed by atoms with E-state index >= 15 is 0 Å². The molecule has 0 amide bonds. The summed E-state index contributed by atoms with van der Waals surface area (Å²) >= 11 is 0. The maximum Gasteiger partial charge on any atom is 0.213 e. The highest BCUT2D eigenvalue weighted by atomic mass is 14.9. The van der Waals surface area contributed by atoms with Crippen LogP contribution in [0.15, 0.2) is 48.7 Å². The summed E-state index contributed by atoms with van der Waals surface area (Å²) in [4.78, 5) is 0.